The molecule has 1 saturated carbocycles. The zero-order valence-corrected chi connectivity index (χ0v) is 20.5. The number of halogens is 3. The topological polar surface area (TPSA) is 45.5 Å². The van der Waals surface area contributed by atoms with Crippen LogP contribution in [0.4, 0.5) is 4.39 Å². The molecule has 0 spiro atoms. The minimum atomic E-state index is -0.269. The summed E-state index contributed by atoms with van der Waals surface area (Å²) in [6.45, 7) is 1.48. The van der Waals surface area contributed by atoms with E-state index in [9.17, 15) is 9.18 Å². The number of hydrogen-bond donors (Lipinski definition) is 1. The number of carbonyl (C=O) groups excluding carboxylic acids is 1. The van der Waals surface area contributed by atoms with Gasteiger partial charge >= 0.3 is 0 Å². The van der Waals surface area contributed by atoms with Gasteiger partial charge < -0.3 is 9.73 Å². The molecule has 0 atom stereocenters. The summed E-state index contributed by atoms with van der Waals surface area (Å²) in [7, 11) is 0. The maximum atomic E-state index is 14.3. The van der Waals surface area contributed by atoms with Gasteiger partial charge in [0.15, 0.2) is 5.76 Å². The van der Waals surface area contributed by atoms with E-state index in [0.717, 1.165) is 18.4 Å². The lowest BCUT2D eigenvalue weighted by molar-refractivity contribution is 0.0916. The first-order chi connectivity index (χ1) is 16.5. The zero-order valence-electron chi connectivity index (χ0n) is 19.0. The number of amides is 1. The van der Waals surface area contributed by atoms with E-state index in [2.05, 4.69) is 10.2 Å². The molecule has 0 bridgehead atoms. The van der Waals surface area contributed by atoms with Crippen molar-refractivity contribution in [3.8, 4) is 0 Å². The summed E-state index contributed by atoms with van der Waals surface area (Å²) in [5, 5.41) is 4.04. The highest BCUT2D eigenvalue weighted by atomic mass is 35.5. The number of carbonyl (C=O) groups is 1. The molecule has 0 unspecified atom stereocenters. The van der Waals surface area contributed by atoms with Crippen molar-refractivity contribution in [3.05, 3.63) is 93.1 Å². The van der Waals surface area contributed by atoms with Crippen molar-refractivity contribution in [2.24, 2.45) is 0 Å². The van der Waals surface area contributed by atoms with Crippen LogP contribution in [0.25, 0.3) is 0 Å². The third kappa shape index (κ3) is 6.62. The van der Waals surface area contributed by atoms with Crippen molar-refractivity contribution >= 4 is 29.1 Å². The predicted octanol–water partition coefficient (Wildman–Crippen LogP) is 7.03. The largest absolute Gasteiger partial charge is 0.455 e. The molecule has 1 aromatic heterocycles. The van der Waals surface area contributed by atoms with Crippen LogP contribution in [-0.2, 0) is 19.5 Å². The molecule has 4 nitrogen and oxygen atoms in total. The highest BCUT2D eigenvalue weighted by Crippen LogP contribution is 2.27. The maximum Gasteiger partial charge on any atom is 0.287 e. The molecule has 34 heavy (non-hydrogen) atoms. The first-order valence-electron chi connectivity index (χ1n) is 11.8. The van der Waals surface area contributed by atoms with Crippen LogP contribution >= 0.6 is 23.2 Å². The van der Waals surface area contributed by atoms with Crippen molar-refractivity contribution < 1.29 is 13.6 Å². The Morgan fingerprint density at radius 2 is 1.79 bits per heavy atom. The van der Waals surface area contributed by atoms with E-state index in [-0.39, 0.29) is 17.5 Å². The maximum absolute atomic E-state index is 14.3. The molecule has 1 heterocycles. The van der Waals surface area contributed by atoms with Crippen LogP contribution in [0.5, 0.6) is 0 Å². The fourth-order valence-electron chi connectivity index (χ4n) is 4.51. The Bertz CT molecular complexity index is 1110. The quantitative estimate of drug-likeness (QED) is 0.341. The molecule has 1 fully saturated rings. The van der Waals surface area contributed by atoms with Crippen molar-refractivity contribution in [2.75, 3.05) is 6.54 Å². The smallest absolute Gasteiger partial charge is 0.287 e. The average molecular weight is 503 g/mol. The molecule has 1 aliphatic carbocycles. The summed E-state index contributed by atoms with van der Waals surface area (Å²) in [5.41, 5.74) is 1.60. The third-order valence-corrected chi connectivity index (χ3v) is 6.95. The van der Waals surface area contributed by atoms with E-state index in [1.54, 1.807) is 24.3 Å². The summed E-state index contributed by atoms with van der Waals surface area (Å²) in [6.07, 6.45) is 6.39. The molecule has 180 valence electrons. The fraction of sp³-hybridized carbons (Fsp3) is 0.370. The first-order valence-corrected chi connectivity index (χ1v) is 12.5. The highest BCUT2D eigenvalue weighted by molar-refractivity contribution is 6.35. The Labute approximate surface area is 210 Å². The lowest BCUT2D eigenvalue weighted by Gasteiger charge is -2.34. The van der Waals surface area contributed by atoms with Crippen molar-refractivity contribution in [1.82, 2.24) is 10.2 Å². The van der Waals surface area contributed by atoms with Crippen LogP contribution in [0.1, 0.15) is 59.5 Å². The standard InChI is InChI=1S/C27H29Cl2FN2O2/c28-21-11-10-19(24(29)16-21)14-15-31-27(33)26-13-12-23(34-26)18-32(22-7-2-1-3-8-22)17-20-6-4-5-9-25(20)30/h4-6,9-13,16,22H,1-3,7-8,14-15,17-18H2,(H,31,33). The van der Waals surface area contributed by atoms with Crippen LogP contribution in [0, 0.1) is 5.82 Å². The fourth-order valence-corrected chi connectivity index (χ4v) is 5.02. The van der Waals surface area contributed by atoms with Gasteiger partial charge in [0.2, 0.25) is 0 Å². The van der Waals surface area contributed by atoms with E-state index in [1.165, 1.54) is 25.3 Å². The van der Waals surface area contributed by atoms with Crippen LogP contribution in [0.2, 0.25) is 10.0 Å². The second-order valence-corrected chi connectivity index (χ2v) is 9.64. The molecule has 4 rings (SSSR count). The molecular weight excluding hydrogens is 474 g/mol. The minimum Gasteiger partial charge on any atom is -0.455 e. The average Bonchev–Trinajstić information content (AvgIpc) is 3.31. The van der Waals surface area contributed by atoms with Gasteiger partial charge in [-0.1, -0.05) is 66.7 Å². The molecule has 0 saturated heterocycles. The monoisotopic (exact) mass is 502 g/mol. The van der Waals surface area contributed by atoms with Gasteiger partial charge in [-0.25, -0.2) is 4.39 Å². The lowest BCUT2D eigenvalue weighted by atomic mass is 9.93. The van der Waals surface area contributed by atoms with Gasteiger partial charge in [-0.3, -0.25) is 9.69 Å². The van der Waals surface area contributed by atoms with Gasteiger partial charge in [0.05, 0.1) is 6.54 Å². The summed E-state index contributed by atoms with van der Waals surface area (Å²) in [4.78, 5) is 14.9. The SMILES string of the molecule is O=C(NCCc1ccc(Cl)cc1Cl)c1ccc(CN(Cc2ccccc2F)C2CCCCC2)o1. The molecule has 0 radical (unpaired) electrons. The van der Waals surface area contributed by atoms with Crippen LogP contribution in [0.15, 0.2) is 59.0 Å². The Morgan fingerprint density at radius 3 is 2.56 bits per heavy atom. The number of hydrogen-bond acceptors (Lipinski definition) is 3. The van der Waals surface area contributed by atoms with E-state index < -0.39 is 0 Å². The number of rotatable bonds is 9. The molecular formula is C27H29Cl2FN2O2. The van der Waals surface area contributed by atoms with Crippen molar-refractivity contribution in [3.63, 3.8) is 0 Å². The number of nitrogens with zero attached hydrogens (tertiary/aromatic N) is 1. The Kier molecular flexibility index (Phi) is 8.65. The lowest BCUT2D eigenvalue weighted by Crippen LogP contribution is -2.36. The molecule has 2 aromatic carbocycles. The first kappa shape index (κ1) is 24.8. The van der Waals surface area contributed by atoms with E-state index >= 15 is 0 Å². The predicted molar refractivity (Wildman–Crippen MR) is 134 cm³/mol. The number of benzene rings is 2. The van der Waals surface area contributed by atoms with Gasteiger partial charge in [-0.15, -0.1) is 0 Å². The molecule has 1 amide bonds. The van der Waals surface area contributed by atoms with Crippen LogP contribution in [0.3, 0.4) is 0 Å². The summed E-state index contributed by atoms with van der Waals surface area (Å²) in [5.74, 6) is 0.512. The normalized spacial score (nSPS) is 14.5. The van der Waals surface area contributed by atoms with Gasteiger partial charge in [0, 0.05) is 34.7 Å². The zero-order chi connectivity index (χ0) is 23.9. The second-order valence-electron chi connectivity index (χ2n) is 8.80. The van der Waals surface area contributed by atoms with Gasteiger partial charge in [0.25, 0.3) is 5.91 Å². The number of furan rings is 1. The number of nitrogens with one attached hydrogen (secondary N) is 1. The molecule has 0 aliphatic heterocycles. The Hall–Kier alpha value is -2.34. The third-order valence-electron chi connectivity index (χ3n) is 6.36. The van der Waals surface area contributed by atoms with E-state index in [0.29, 0.717) is 53.5 Å². The second kappa shape index (κ2) is 11.9. The van der Waals surface area contributed by atoms with Gasteiger partial charge in [-0.05, 0) is 55.2 Å². The van der Waals surface area contributed by atoms with Gasteiger partial charge in [0.1, 0.15) is 11.6 Å². The Balaban J connectivity index is 1.37. The summed E-state index contributed by atoms with van der Waals surface area (Å²) < 4.78 is 20.2. The van der Waals surface area contributed by atoms with Crippen molar-refractivity contribution in [1.29, 1.82) is 0 Å². The molecule has 1 N–H and O–H groups in total. The summed E-state index contributed by atoms with van der Waals surface area (Å²) in [6, 6.07) is 16.1. The molecule has 7 heteroatoms. The Morgan fingerprint density at radius 1 is 1.00 bits per heavy atom. The highest BCUT2D eigenvalue weighted by Gasteiger charge is 2.24. The van der Waals surface area contributed by atoms with Crippen LogP contribution in [-0.4, -0.2) is 23.4 Å². The van der Waals surface area contributed by atoms with Gasteiger partial charge in [-0.2, -0.15) is 0 Å². The van der Waals surface area contributed by atoms with Crippen LogP contribution < -0.4 is 5.32 Å². The summed E-state index contributed by atoms with van der Waals surface area (Å²) >= 11 is 12.1. The molecule has 1 aliphatic rings. The van der Waals surface area contributed by atoms with E-state index in [4.69, 9.17) is 27.6 Å². The van der Waals surface area contributed by atoms with Crippen molar-refractivity contribution in [2.45, 2.75) is 57.7 Å². The van der Waals surface area contributed by atoms with E-state index in [1.807, 2.05) is 24.3 Å². The minimum absolute atomic E-state index is 0.191. The molecule has 3 aromatic rings.